The number of hydrogen-bond acceptors (Lipinski definition) is 2. The number of rotatable bonds is 4. The minimum Gasteiger partial charge on any atom is -0.330 e. The molecule has 1 nitrogen and oxygen atoms in total. The van der Waals surface area contributed by atoms with Gasteiger partial charge in [0, 0.05) is 4.88 Å². The molecule has 0 spiro atoms. The summed E-state index contributed by atoms with van der Waals surface area (Å²) in [5.74, 6) is 0. The largest absolute Gasteiger partial charge is 0.330 e. The Morgan fingerprint density at radius 2 is 1.95 bits per heavy atom. The van der Waals surface area contributed by atoms with Crippen LogP contribution < -0.4 is 5.73 Å². The highest BCUT2D eigenvalue weighted by atomic mass is 32.1. The number of aryl methyl sites for hydroxylation is 2. The lowest BCUT2D eigenvalue weighted by atomic mass is 9.69. The summed E-state index contributed by atoms with van der Waals surface area (Å²) in [6.45, 7) is 0.812. The van der Waals surface area contributed by atoms with Crippen LogP contribution in [-0.2, 0) is 19.3 Å². The zero-order valence-corrected chi connectivity index (χ0v) is 12.1. The molecule has 1 aliphatic rings. The molecule has 2 N–H and O–H groups in total. The third-order valence-corrected chi connectivity index (χ3v) is 5.46. The van der Waals surface area contributed by atoms with Crippen molar-refractivity contribution in [1.29, 1.82) is 0 Å². The minimum atomic E-state index is 0.318. The maximum atomic E-state index is 6.14. The van der Waals surface area contributed by atoms with Crippen molar-refractivity contribution < 1.29 is 0 Å². The van der Waals surface area contributed by atoms with Crippen LogP contribution in [0.2, 0.25) is 0 Å². The molecule has 1 heterocycles. The Kier molecular flexibility index (Phi) is 3.72. The van der Waals surface area contributed by atoms with E-state index in [1.54, 1.807) is 0 Å². The number of benzene rings is 1. The molecule has 1 aliphatic carbocycles. The molecule has 0 radical (unpaired) electrons. The fourth-order valence-corrected chi connectivity index (χ4v) is 3.91. The first-order chi connectivity index (χ1) is 9.31. The molecule has 100 valence electrons. The van der Waals surface area contributed by atoms with Crippen LogP contribution in [0, 0.1) is 5.41 Å². The maximum absolute atomic E-state index is 6.14. The molecule has 19 heavy (non-hydrogen) atoms. The first-order valence-corrected chi connectivity index (χ1v) is 7.99. The van der Waals surface area contributed by atoms with E-state index in [9.17, 15) is 0 Å². The molecule has 1 aromatic carbocycles. The average molecular weight is 271 g/mol. The average Bonchev–Trinajstić information content (AvgIpc) is 2.98. The highest BCUT2D eigenvalue weighted by Gasteiger charge is 2.32. The fourth-order valence-electron chi connectivity index (χ4n) is 3.20. The molecule has 1 aromatic heterocycles. The summed E-state index contributed by atoms with van der Waals surface area (Å²) in [4.78, 5) is 1.49. The Morgan fingerprint density at radius 1 is 1.11 bits per heavy atom. The van der Waals surface area contributed by atoms with Crippen LogP contribution >= 0.6 is 11.3 Å². The molecular formula is C17H21NS. The van der Waals surface area contributed by atoms with Gasteiger partial charge in [0.2, 0.25) is 0 Å². The van der Waals surface area contributed by atoms with Gasteiger partial charge in [0.1, 0.15) is 0 Å². The Labute approximate surface area is 119 Å². The second-order valence-electron chi connectivity index (χ2n) is 5.73. The van der Waals surface area contributed by atoms with Crippen molar-refractivity contribution in [2.45, 2.75) is 32.1 Å². The summed E-state index contributed by atoms with van der Waals surface area (Å²) in [5.41, 5.74) is 9.51. The lowest BCUT2D eigenvalue weighted by Gasteiger charge is -2.37. The molecule has 0 fully saturated rings. The SMILES string of the molecule is NCC1(CCc2cccs2)CCc2ccccc2C1. The monoisotopic (exact) mass is 271 g/mol. The van der Waals surface area contributed by atoms with Gasteiger partial charge in [-0.3, -0.25) is 0 Å². The summed E-state index contributed by atoms with van der Waals surface area (Å²) in [6.07, 6.45) is 5.99. The fraction of sp³-hybridized carbons (Fsp3) is 0.412. The van der Waals surface area contributed by atoms with Crippen LogP contribution in [0.25, 0.3) is 0 Å². The van der Waals surface area contributed by atoms with Crippen molar-refractivity contribution >= 4 is 11.3 Å². The summed E-state index contributed by atoms with van der Waals surface area (Å²) in [5, 5.41) is 2.17. The zero-order valence-electron chi connectivity index (χ0n) is 11.3. The third kappa shape index (κ3) is 2.75. The molecule has 0 bridgehead atoms. The standard InChI is InChI=1S/C17H21NS/c18-13-17(10-8-16-6-3-11-19-16)9-7-14-4-1-2-5-15(14)12-17/h1-6,11H,7-10,12-13,18H2. The molecule has 0 amide bonds. The van der Waals surface area contributed by atoms with Gasteiger partial charge in [0.25, 0.3) is 0 Å². The predicted molar refractivity (Wildman–Crippen MR) is 82.6 cm³/mol. The summed E-state index contributed by atoms with van der Waals surface area (Å²) >= 11 is 1.87. The van der Waals surface area contributed by atoms with Gasteiger partial charge in [0.15, 0.2) is 0 Å². The van der Waals surface area contributed by atoms with E-state index in [2.05, 4.69) is 41.8 Å². The molecular weight excluding hydrogens is 250 g/mol. The van der Waals surface area contributed by atoms with Gasteiger partial charge < -0.3 is 5.73 Å². The Hall–Kier alpha value is -1.12. The van der Waals surface area contributed by atoms with Crippen LogP contribution in [-0.4, -0.2) is 6.54 Å². The van der Waals surface area contributed by atoms with Crippen molar-refractivity contribution in [2.24, 2.45) is 11.1 Å². The van der Waals surface area contributed by atoms with E-state index in [0.29, 0.717) is 5.41 Å². The maximum Gasteiger partial charge on any atom is 0.00454 e. The molecule has 0 saturated heterocycles. The molecule has 0 saturated carbocycles. The zero-order chi connectivity index (χ0) is 13.1. The van der Waals surface area contributed by atoms with E-state index in [1.807, 2.05) is 11.3 Å². The molecule has 1 atom stereocenters. The molecule has 0 aliphatic heterocycles. The number of fused-ring (bicyclic) bond motifs is 1. The van der Waals surface area contributed by atoms with Gasteiger partial charge in [-0.05, 0) is 66.6 Å². The number of thiophene rings is 1. The smallest absolute Gasteiger partial charge is 0.00454 e. The lowest BCUT2D eigenvalue weighted by Crippen LogP contribution is -2.36. The quantitative estimate of drug-likeness (QED) is 0.899. The van der Waals surface area contributed by atoms with E-state index >= 15 is 0 Å². The first-order valence-electron chi connectivity index (χ1n) is 7.11. The van der Waals surface area contributed by atoms with Crippen LogP contribution in [0.4, 0.5) is 0 Å². The highest BCUT2D eigenvalue weighted by Crippen LogP contribution is 2.38. The van der Waals surface area contributed by atoms with Gasteiger partial charge in [0.05, 0.1) is 0 Å². The summed E-state index contributed by atoms with van der Waals surface area (Å²) in [7, 11) is 0. The van der Waals surface area contributed by atoms with E-state index in [4.69, 9.17) is 5.73 Å². The minimum absolute atomic E-state index is 0.318. The Morgan fingerprint density at radius 3 is 2.68 bits per heavy atom. The Bertz CT molecular complexity index is 532. The van der Waals surface area contributed by atoms with Crippen molar-refractivity contribution in [3.05, 3.63) is 57.8 Å². The normalized spacial score (nSPS) is 22.2. The van der Waals surface area contributed by atoms with Gasteiger partial charge >= 0.3 is 0 Å². The second kappa shape index (κ2) is 5.48. The van der Waals surface area contributed by atoms with E-state index in [0.717, 1.165) is 13.0 Å². The number of nitrogens with two attached hydrogens (primary N) is 1. The van der Waals surface area contributed by atoms with E-state index < -0.39 is 0 Å². The highest BCUT2D eigenvalue weighted by molar-refractivity contribution is 7.09. The van der Waals surface area contributed by atoms with Gasteiger partial charge in [-0.2, -0.15) is 0 Å². The molecule has 2 aromatic rings. The number of hydrogen-bond donors (Lipinski definition) is 1. The molecule has 1 unspecified atom stereocenters. The summed E-state index contributed by atoms with van der Waals surface area (Å²) in [6, 6.07) is 13.3. The van der Waals surface area contributed by atoms with E-state index in [1.165, 1.54) is 41.7 Å². The molecule has 3 rings (SSSR count). The van der Waals surface area contributed by atoms with Crippen LogP contribution in [0.5, 0.6) is 0 Å². The van der Waals surface area contributed by atoms with Gasteiger partial charge in [-0.1, -0.05) is 30.3 Å². The van der Waals surface area contributed by atoms with E-state index in [-0.39, 0.29) is 0 Å². The van der Waals surface area contributed by atoms with Crippen LogP contribution in [0.15, 0.2) is 41.8 Å². The summed E-state index contributed by atoms with van der Waals surface area (Å²) < 4.78 is 0. The molecule has 2 heteroatoms. The topological polar surface area (TPSA) is 26.0 Å². The Balaban J connectivity index is 1.74. The van der Waals surface area contributed by atoms with Gasteiger partial charge in [-0.25, -0.2) is 0 Å². The predicted octanol–water partition coefficient (Wildman–Crippen LogP) is 3.81. The van der Waals surface area contributed by atoms with Crippen molar-refractivity contribution in [1.82, 2.24) is 0 Å². The second-order valence-corrected chi connectivity index (χ2v) is 6.76. The first kappa shape index (κ1) is 12.9. The van der Waals surface area contributed by atoms with Crippen molar-refractivity contribution in [3.8, 4) is 0 Å². The van der Waals surface area contributed by atoms with Crippen LogP contribution in [0.3, 0.4) is 0 Å². The van der Waals surface area contributed by atoms with Crippen molar-refractivity contribution in [3.63, 3.8) is 0 Å². The third-order valence-electron chi connectivity index (χ3n) is 4.52. The van der Waals surface area contributed by atoms with Gasteiger partial charge in [-0.15, -0.1) is 11.3 Å². The van der Waals surface area contributed by atoms with Crippen LogP contribution in [0.1, 0.15) is 28.8 Å². The lowest BCUT2D eigenvalue weighted by molar-refractivity contribution is 0.235. The van der Waals surface area contributed by atoms with Crippen molar-refractivity contribution in [2.75, 3.05) is 6.54 Å².